The van der Waals surface area contributed by atoms with Crippen LogP contribution in [0.5, 0.6) is 0 Å². The molecular weight excluding hydrogens is 286 g/mol. The summed E-state index contributed by atoms with van der Waals surface area (Å²) in [5.41, 5.74) is 0. The highest BCUT2D eigenvalue weighted by Crippen LogP contribution is 2.18. The zero-order chi connectivity index (χ0) is 15.2. The van der Waals surface area contributed by atoms with Crippen LogP contribution in [-0.2, 0) is 4.79 Å². The van der Waals surface area contributed by atoms with Gasteiger partial charge < -0.3 is 10.2 Å². The van der Waals surface area contributed by atoms with Crippen LogP contribution in [-0.4, -0.2) is 60.9 Å². The highest BCUT2D eigenvalue weighted by molar-refractivity contribution is 7.13. The van der Waals surface area contributed by atoms with Gasteiger partial charge in [0.1, 0.15) is 0 Å². The van der Waals surface area contributed by atoms with Gasteiger partial charge in [0, 0.05) is 37.6 Å². The fourth-order valence-corrected chi connectivity index (χ4v) is 3.09. The molecule has 1 aliphatic rings. The third-order valence-corrected chi connectivity index (χ3v) is 4.41. The third-order valence-electron chi connectivity index (χ3n) is 3.42. The topological polar surface area (TPSA) is 52.7 Å². The Hall–Kier alpha value is -1.66. The standard InChI is InChI=1S/C15H21N3O2S/c1-3-6-16-14(19)11-17-7-9-18(10-8-17)15(20)13-5-4-12(2)21-13/h3-5H,1,6-11H2,2H3,(H,16,19). The Bertz CT molecular complexity index is 519. The van der Waals surface area contributed by atoms with Gasteiger partial charge in [-0.25, -0.2) is 0 Å². The molecule has 1 aliphatic heterocycles. The smallest absolute Gasteiger partial charge is 0.264 e. The molecule has 0 unspecified atom stereocenters. The molecule has 1 N–H and O–H groups in total. The molecule has 0 spiro atoms. The first-order valence-corrected chi connectivity index (χ1v) is 7.87. The summed E-state index contributed by atoms with van der Waals surface area (Å²) in [6, 6.07) is 3.86. The number of piperazine rings is 1. The monoisotopic (exact) mass is 307 g/mol. The lowest BCUT2D eigenvalue weighted by atomic mass is 10.3. The van der Waals surface area contributed by atoms with Gasteiger partial charge in [0.2, 0.25) is 5.91 Å². The maximum atomic E-state index is 12.3. The number of hydrogen-bond donors (Lipinski definition) is 1. The minimum absolute atomic E-state index is 0.00329. The number of nitrogens with one attached hydrogen (secondary N) is 1. The fourth-order valence-electron chi connectivity index (χ4n) is 2.26. The molecule has 2 amide bonds. The lowest BCUT2D eigenvalue weighted by Gasteiger charge is -2.34. The molecule has 1 fully saturated rings. The van der Waals surface area contributed by atoms with E-state index in [1.165, 1.54) is 11.3 Å². The number of aryl methyl sites for hydroxylation is 1. The molecule has 0 radical (unpaired) electrons. The summed E-state index contributed by atoms with van der Waals surface area (Å²) in [7, 11) is 0. The van der Waals surface area contributed by atoms with Crippen LogP contribution in [0.4, 0.5) is 0 Å². The van der Waals surface area contributed by atoms with Crippen LogP contribution in [0, 0.1) is 6.92 Å². The van der Waals surface area contributed by atoms with E-state index >= 15 is 0 Å². The van der Waals surface area contributed by atoms with Gasteiger partial charge in [-0.1, -0.05) is 6.08 Å². The minimum Gasteiger partial charge on any atom is -0.352 e. The highest BCUT2D eigenvalue weighted by Gasteiger charge is 2.23. The van der Waals surface area contributed by atoms with Crippen molar-refractivity contribution >= 4 is 23.2 Å². The zero-order valence-corrected chi connectivity index (χ0v) is 13.1. The van der Waals surface area contributed by atoms with Crippen molar-refractivity contribution < 1.29 is 9.59 Å². The van der Waals surface area contributed by atoms with E-state index in [1.807, 2.05) is 24.0 Å². The third kappa shape index (κ3) is 4.41. The maximum Gasteiger partial charge on any atom is 0.264 e. The maximum absolute atomic E-state index is 12.3. The van der Waals surface area contributed by atoms with Crippen LogP contribution in [0.2, 0.25) is 0 Å². The van der Waals surface area contributed by atoms with Crippen molar-refractivity contribution in [2.24, 2.45) is 0 Å². The molecule has 0 saturated carbocycles. The average Bonchev–Trinajstić information content (AvgIpc) is 2.92. The van der Waals surface area contributed by atoms with E-state index in [2.05, 4.69) is 16.8 Å². The normalized spacial score (nSPS) is 15.8. The first-order chi connectivity index (χ1) is 10.1. The van der Waals surface area contributed by atoms with Crippen molar-refractivity contribution in [3.05, 3.63) is 34.5 Å². The molecule has 2 heterocycles. The zero-order valence-electron chi connectivity index (χ0n) is 12.3. The molecule has 114 valence electrons. The Kier molecular flexibility index (Phi) is 5.52. The van der Waals surface area contributed by atoms with E-state index in [0.717, 1.165) is 22.8 Å². The Morgan fingerprint density at radius 3 is 2.62 bits per heavy atom. The minimum atomic E-state index is 0.00329. The summed E-state index contributed by atoms with van der Waals surface area (Å²) < 4.78 is 0. The highest BCUT2D eigenvalue weighted by atomic mass is 32.1. The van der Waals surface area contributed by atoms with E-state index < -0.39 is 0 Å². The lowest BCUT2D eigenvalue weighted by molar-refractivity contribution is -0.122. The van der Waals surface area contributed by atoms with E-state index in [4.69, 9.17) is 0 Å². The molecule has 0 aromatic carbocycles. The second-order valence-electron chi connectivity index (χ2n) is 5.07. The number of amides is 2. The van der Waals surface area contributed by atoms with Gasteiger partial charge in [0.15, 0.2) is 0 Å². The number of carbonyl (C=O) groups is 2. The van der Waals surface area contributed by atoms with Crippen molar-refractivity contribution in [1.29, 1.82) is 0 Å². The van der Waals surface area contributed by atoms with Crippen LogP contribution < -0.4 is 5.32 Å². The average molecular weight is 307 g/mol. The van der Waals surface area contributed by atoms with E-state index in [9.17, 15) is 9.59 Å². The van der Waals surface area contributed by atoms with Crippen molar-refractivity contribution in [2.45, 2.75) is 6.92 Å². The van der Waals surface area contributed by atoms with Crippen molar-refractivity contribution in [2.75, 3.05) is 39.3 Å². The summed E-state index contributed by atoms with van der Waals surface area (Å²) in [5.74, 6) is 0.104. The Balaban J connectivity index is 1.79. The van der Waals surface area contributed by atoms with Crippen LogP contribution in [0.15, 0.2) is 24.8 Å². The molecule has 1 aromatic heterocycles. The van der Waals surface area contributed by atoms with E-state index in [1.54, 1.807) is 6.08 Å². The molecule has 6 heteroatoms. The molecule has 0 atom stereocenters. The molecule has 5 nitrogen and oxygen atoms in total. The second kappa shape index (κ2) is 7.38. The number of nitrogens with zero attached hydrogens (tertiary/aromatic N) is 2. The van der Waals surface area contributed by atoms with E-state index in [-0.39, 0.29) is 11.8 Å². The largest absolute Gasteiger partial charge is 0.352 e. The molecule has 21 heavy (non-hydrogen) atoms. The van der Waals surface area contributed by atoms with Gasteiger partial charge in [-0.2, -0.15) is 0 Å². The first-order valence-electron chi connectivity index (χ1n) is 7.06. The first kappa shape index (κ1) is 15.7. The second-order valence-corrected chi connectivity index (χ2v) is 6.36. The molecule has 2 rings (SSSR count). The predicted molar refractivity (Wildman–Crippen MR) is 84.6 cm³/mol. The predicted octanol–water partition coefficient (Wildman–Crippen LogP) is 1.12. The van der Waals surface area contributed by atoms with Crippen LogP contribution in [0.1, 0.15) is 14.5 Å². The van der Waals surface area contributed by atoms with Crippen LogP contribution in [0.25, 0.3) is 0 Å². The summed E-state index contributed by atoms with van der Waals surface area (Å²) in [5, 5.41) is 2.76. The van der Waals surface area contributed by atoms with Gasteiger partial charge in [-0.05, 0) is 19.1 Å². The molecule has 1 aromatic rings. The number of carbonyl (C=O) groups excluding carboxylic acids is 2. The van der Waals surface area contributed by atoms with Gasteiger partial charge in [-0.3, -0.25) is 14.5 Å². The van der Waals surface area contributed by atoms with Gasteiger partial charge >= 0.3 is 0 Å². The van der Waals surface area contributed by atoms with Crippen LogP contribution in [0.3, 0.4) is 0 Å². The van der Waals surface area contributed by atoms with Crippen molar-refractivity contribution in [3.8, 4) is 0 Å². The fraction of sp³-hybridized carbons (Fsp3) is 0.467. The number of rotatable bonds is 5. The Labute approximate surface area is 129 Å². The van der Waals surface area contributed by atoms with Crippen molar-refractivity contribution in [1.82, 2.24) is 15.1 Å². The number of thiophene rings is 1. The molecule has 0 aliphatic carbocycles. The molecule has 1 saturated heterocycles. The summed E-state index contributed by atoms with van der Waals surface area (Å²) in [6.07, 6.45) is 1.66. The van der Waals surface area contributed by atoms with Gasteiger partial charge in [0.25, 0.3) is 5.91 Å². The van der Waals surface area contributed by atoms with Crippen molar-refractivity contribution in [3.63, 3.8) is 0 Å². The summed E-state index contributed by atoms with van der Waals surface area (Å²) in [4.78, 5) is 29.8. The Morgan fingerprint density at radius 1 is 1.33 bits per heavy atom. The summed E-state index contributed by atoms with van der Waals surface area (Å²) in [6.45, 7) is 9.26. The SMILES string of the molecule is C=CCNC(=O)CN1CCN(C(=O)c2ccc(C)s2)CC1. The molecule has 0 bridgehead atoms. The van der Waals surface area contributed by atoms with E-state index in [0.29, 0.717) is 26.2 Å². The van der Waals surface area contributed by atoms with Gasteiger partial charge in [-0.15, -0.1) is 17.9 Å². The van der Waals surface area contributed by atoms with Crippen LogP contribution >= 0.6 is 11.3 Å². The number of hydrogen-bond acceptors (Lipinski definition) is 4. The quantitative estimate of drug-likeness (QED) is 0.829. The Morgan fingerprint density at radius 2 is 2.05 bits per heavy atom. The lowest BCUT2D eigenvalue weighted by Crippen LogP contribution is -2.51. The summed E-state index contributed by atoms with van der Waals surface area (Å²) >= 11 is 1.53. The molecular formula is C15H21N3O2S. The van der Waals surface area contributed by atoms with Gasteiger partial charge in [0.05, 0.1) is 11.4 Å².